The number of nitrogens with two attached hydrogens (primary N) is 1. The summed E-state index contributed by atoms with van der Waals surface area (Å²) in [5.74, 6) is 1.60. The molecule has 3 amide bonds. The molecule has 1 aromatic carbocycles. The summed E-state index contributed by atoms with van der Waals surface area (Å²) >= 11 is 1.32. The van der Waals surface area contributed by atoms with E-state index in [0.29, 0.717) is 5.13 Å². The first kappa shape index (κ1) is 15.5. The first-order valence-electron chi connectivity index (χ1n) is 6.41. The lowest BCUT2D eigenvalue weighted by Gasteiger charge is -2.12. The van der Waals surface area contributed by atoms with E-state index in [2.05, 4.69) is 21.5 Å². The number of rotatable bonds is 5. The van der Waals surface area contributed by atoms with Crippen molar-refractivity contribution >= 4 is 28.4 Å². The van der Waals surface area contributed by atoms with Crippen molar-refractivity contribution in [3.63, 3.8) is 0 Å². The number of terminal acetylenes is 1. The Kier molecular flexibility index (Phi) is 5.11. The number of urea groups is 1. The smallest absolute Gasteiger partial charge is 0.321 e. The van der Waals surface area contributed by atoms with Gasteiger partial charge in [-0.25, -0.2) is 9.78 Å². The lowest BCUT2D eigenvalue weighted by Crippen LogP contribution is -2.45. The van der Waals surface area contributed by atoms with Gasteiger partial charge in [0.25, 0.3) is 0 Å². The summed E-state index contributed by atoms with van der Waals surface area (Å²) in [6.45, 7) is 0. The van der Waals surface area contributed by atoms with Crippen LogP contribution < -0.4 is 16.4 Å². The molecule has 2 rings (SSSR count). The van der Waals surface area contributed by atoms with Crippen molar-refractivity contribution < 1.29 is 9.59 Å². The molecule has 2 aromatic rings. The van der Waals surface area contributed by atoms with Crippen molar-refractivity contribution in [3.05, 3.63) is 36.5 Å². The van der Waals surface area contributed by atoms with E-state index >= 15 is 0 Å². The Morgan fingerprint density at radius 2 is 2.09 bits per heavy atom. The van der Waals surface area contributed by atoms with Gasteiger partial charge < -0.3 is 11.1 Å². The summed E-state index contributed by atoms with van der Waals surface area (Å²) in [5.41, 5.74) is 6.16. The third-order valence-electron chi connectivity index (χ3n) is 2.76. The Hall–Kier alpha value is -2.85. The molecule has 1 heterocycles. The lowest BCUT2D eigenvalue weighted by atomic mass is 10.2. The first-order chi connectivity index (χ1) is 10.6. The predicted molar refractivity (Wildman–Crippen MR) is 86.1 cm³/mol. The van der Waals surface area contributed by atoms with Crippen LogP contribution in [0.1, 0.15) is 6.42 Å². The van der Waals surface area contributed by atoms with Crippen molar-refractivity contribution in [2.24, 2.45) is 5.73 Å². The minimum atomic E-state index is -0.904. The van der Waals surface area contributed by atoms with Crippen LogP contribution in [-0.2, 0) is 4.79 Å². The van der Waals surface area contributed by atoms with Gasteiger partial charge in [-0.15, -0.1) is 12.3 Å². The van der Waals surface area contributed by atoms with Crippen molar-refractivity contribution in [1.82, 2.24) is 10.3 Å². The lowest BCUT2D eigenvalue weighted by molar-refractivity contribution is -0.119. The highest BCUT2D eigenvalue weighted by atomic mass is 32.1. The molecule has 0 saturated heterocycles. The highest BCUT2D eigenvalue weighted by Gasteiger charge is 2.17. The number of carbonyl (C=O) groups excluding carboxylic acids is 2. The van der Waals surface area contributed by atoms with Gasteiger partial charge in [0.15, 0.2) is 5.13 Å². The second-order valence-electron chi connectivity index (χ2n) is 4.36. The number of amides is 3. The quantitative estimate of drug-likeness (QED) is 0.734. The maximum absolute atomic E-state index is 11.8. The predicted octanol–water partition coefficient (Wildman–Crippen LogP) is 1.81. The van der Waals surface area contributed by atoms with Crippen LogP contribution in [-0.4, -0.2) is 23.0 Å². The van der Waals surface area contributed by atoms with E-state index in [4.69, 9.17) is 12.2 Å². The second-order valence-corrected chi connectivity index (χ2v) is 5.39. The number of hydrogen-bond acceptors (Lipinski definition) is 4. The third-order valence-corrected chi connectivity index (χ3v) is 3.72. The van der Waals surface area contributed by atoms with Crippen molar-refractivity contribution in [3.8, 4) is 22.8 Å². The van der Waals surface area contributed by atoms with Gasteiger partial charge in [-0.05, 0) is 5.56 Å². The van der Waals surface area contributed by atoms with Crippen LogP contribution in [0.3, 0.4) is 0 Å². The molecule has 1 aromatic heterocycles. The van der Waals surface area contributed by atoms with Crippen LogP contribution in [0.4, 0.5) is 9.93 Å². The topological polar surface area (TPSA) is 97.1 Å². The Labute approximate surface area is 131 Å². The van der Waals surface area contributed by atoms with E-state index in [1.807, 2.05) is 30.3 Å². The van der Waals surface area contributed by atoms with E-state index < -0.39 is 18.0 Å². The Morgan fingerprint density at radius 3 is 2.73 bits per heavy atom. The van der Waals surface area contributed by atoms with Gasteiger partial charge in [-0.3, -0.25) is 10.1 Å². The summed E-state index contributed by atoms with van der Waals surface area (Å²) in [4.78, 5) is 28.0. The zero-order valence-electron chi connectivity index (χ0n) is 11.6. The summed E-state index contributed by atoms with van der Waals surface area (Å²) in [6.07, 6.45) is 6.83. The van der Waals surface area contributed by atoms with Crippen molar-refractivity contribution in [2.75, 3.05) is 5.32 Å². The second kappa shape index (κ2) is 7.24. The van der Waals surface area contributed by atoms with Gasteiger partial charge in [0.1, 0.15) is 6.04 Å². The molecule has 0 aliphatic rings. The van der Waals surface area contributed by atoms with Crippen LogP contribution in [0.2, 0.25) is 0 Å². The molecular weight excluding hydrogens is 300 g/mol. The molecule has 22 heavy (non-hydrogen) atoms. The average molecular weight is 314 g/mol. The number of aromatic nitrogens is 1. The molecule has 0 saturated carbocycles. The molecule has 6 nitrogen and oxygen atoms in total. The molecule has 0 fully saturated rings. The van der Waals surface area contributed by atoms with Crippen LogP contribution in [0.15, 0.2) is 36.5 Å². The fourth-order valence-electron chi connectivity index (χ4n) is 1.70. The Balaban J connectivity index is 2.00. The normalized spacial score (nSPS) is 11.2. The van der Waals surface area contributed by atoms with Gasteiger partial charge in [-0.1, -0.05) is 41.7 Å². The number of thiazole rings is 1. The number of carbonyl (C=O) groups is 2. The maximum atomic E-state index is 11.8. The van der Waals surface area contributed by atoms with Crippen LogP contribution in [0.5, 0.6) is 0 Å². The molecule has 1 atom stereocenters. The van der Waals surface area contributed by atoms with Crippen LogP contribution in [0.25, 0.3) is 10.4 Å². The minimum Gasteiger partial charge on any atom is -0.368 e. The van der Waals surface area contributed by atoms with Gasteiger partial charge >= 0.3 is 6.03 Å². The molecule has 0 radical (unpaired) electrons. The Morgan fingerprint density at radius 1 is 1.36 bits per heavy atom. The molecule has 0 aliphatic carbocycles. The largest absolute Gasteiger partial charge is 0.368 e. The summed E-state index contributed by atoms with van der Waals surface area (Å²) in [6, 6.07) is 8.19. The third kappa shape index (κ3) is 4.07. The van der Waals surface area contributed by atoms with E-state index in [-0.39, 0.29) is 6.42 Å². The highest BCUT2D eigenvalue weighted by molar-refractivity contribution is 7.19. The number of anilines is 1. The SMILES string of the molecule is C#CC[C@@H](NC(=O)Nc1ncc(-c2ccccc2)s1)C(N)=O. The summed E-state index contributed by atoms with van der Waals surface area (Å²) in [7, 11) is 0. The fraction of sp³-hybridized carbons (Fsp3) is 0.133. The minimum absolute atomic E-state index is 0.0376. The van der Waals surface area contributed by atoms with E-state index in [1.165, 1.54) is 11.3 Å². The standard InChI is InChI=1S/C15H14N4O2S/c1-2-6-11(13(16)20)18-14(21)19-15-17-9-12(22-15)10-7-4-3-5-8-10/h1,3-5,7-9,11H,6H2,(H2,16,20)(H2,17,18,19,21)/t11-/m1/s1. The average Bonchev–Trinajstić information content (AvgIpc) is 2.96. The van der Waals surface area contributed by atoms with Gasteiger partial charge in [0.2, 0.25) is 5.91 Å². The van der Waals surface area contributed by atoms with Crippen molar-refractivity contribution in [2.45, 2.75) is 12.5 Å². The van der Waals surface area contributed by atoms with E-state index in [9.17, 15) is 9.59 Å². The summed E-state index contributed by atoms with van der Waals surface area (Å²) in [5, 5.41) is 5.39. The van der Waals surface area contributed by atoms with Gasteiger partial charge in [-0.2, -0.15) is 0 Å². The Bertz CT molecular complexity index is 706. The van der Waals surface area contributed by atoms with E-state index in [1.54, 1.807) is 6.20 Å². The molecule has 0 aliphatic heterocycles. The first-order valence-corrected chi connectivity index (χ1v) is 7.23. The molecule has 0 unspecified atom stereocenters. The zero-order chi connectivity index (χ0) is 15.9. The van der Waals surface area contributed by atoms with Crippen LogP contribution >= 0.6 is 11.3 Å². The number of nitrogens with one attached hydrogen (secondary N) is 2. The molecule has 0 bridgehead atoms. The van der Waals surface area contributed by atoms with Crippen LogP contribution in [0, 0.1) is 12.3 Å². The molecule has 7 heteroatoms. The van der Waals surface area contributed by atoms with E-state index in [0.717, 1.165) is 10.4 Å². The van der Waals surface area contributed by atoms with Gasteiger partial charge in [0.05, 0.1) is 4.88 Å². The molecule has 4 N–H and O–H groups in total. The number of benzene rings is 1. The monoisotopic (exact) mass is 314 g/mol. The fourth-order valence-corrected chi connectivity index (χ4v) is 2.52. The summed E-state index contributed by atoms with van der Waals surface area (Å²) < 4.78 is 0. The molecule has 112 valence electrons. The molecule has 0 spiro atoms. The van der Waals surface area contributed by atoms with Crippen molar-refractivity contribution in [1.29, 1.82) is 0 Å². The maximum Gasteiger partial charge on any atom is 0.321 e. The number of nitrogens with zero attached hydrogens (tertiary/aromatic N) is 1. The zero-order valence-corrected chi connectivity index (χ0v) is 12.4. The number of hydrogen-bond donors (Lipinski definition) is 3. The molecular formula is C15H14N4O2S. The van der Waals surface area contributed by atoms with Gasteiger partial charge in [0, 0.05) is 12.6 Å². The highest BCUT2D eigenvalue weighted by Crippen LogP contribution is 2.28. The number of primary amides is 1.